The Morgan fingerprint density at radius 1 is 1.18 bits per heavy atom. The molecule has 0 fully saturated rings. The second-order valence-electron chi connectivity index (χ2n) is 5.11. The van der Waals surface area contributed by atoms with E-state index in [0.717, 1.165) is 19.6 Å². The molecule has 1 aliphatic carbocycles. The first kappa shape index (κ1) is 12.6. The monoisotopic (exact) mass is 232 g/mol. The van der Waals surface area contributed by atoms with Gasteiger partial charge in [-0.1, -0.05) is 18.2 Å². The van der Waals surface area contributed by atoms with Gasteiger partial charge in [-0.25, -0.2) is 0 Å². The quantitative estimate of drug-likeness (QED) is 0.805. The summed E-state index contributed by atoms with van der Waals surface area (Å²) < 4.78 is 0. The van der Waals surface area contributed by atoms with Crippen molar-refractivity contribution < 1.29 is 0 Å². The van der Waals surface area contributed by atoms with Crippen molar-refractivity contribution in [3.8, 4) is 0 Å². The summed E-state index contributed by atoms with van der Waals surface area (Å²) in [5.74, 6) is 0. The maximum atomic E-state index is 3.19. The molecule has 94 valence electrons. The van der Waals surface area contributed by atoms with E-state index in [9.17, 15) is 0 Å². The number of rotatable bonds is 6. The highest BCUT2D eigenvalue weighted by Crippen LogP contribution is 2.22. The van der Waals surface area contributed by atoms with Gasteiger partial charge in [0.05, 0.1) is 0 Å². The van der Waals surface area contributed by atoms with Gasteiger partial charge in [0.1, 0.15) is 0 Å². The summed E-state index contributed by atoms with van der Waals surface area (Å²) in [6.45, 7) is 3.35. The van der Waals surface area contributed by atoms with E-state index < -0.39 is 0 Å². The zero-order chi connectivity index (χ0) is 12.1. The standard InChI is InChI=1S/C15H24N2/c1-16-9-11-17(2)10-8-13-6-7-14-4-3-5-15(14)12-13/h6-7,12,16H,3-5,8-11H2,1-2H3. The molecule has 0 amide bonds. The Balaban J connectivity index is 1.83. The van der Waals surface area contributed by atoms with Crippen LogP contribution in [0.25, 0.3) is 0 Å². The van der Waals surface area contributed by atoms with Gasteiger partial charge in [0.15, 0.2) is 0 Å². The maximum absolute atomic E-state index is 3.19. The molecule has 2 heteroatoms. The van der Waals surface area contributed by atoms with Crippen molar-refractivity contribution in [2.75, 3.05) is 33.7 Å². The predicted molar refractivity (Wildman–Crippen MR) is 73.6 cm³/mol. The van der Waals surface area contributed by atoms with Gasteiger partial charge in [-0.3, -0.25) is 0 Å². The number of benzene rings is 1. The van der Waals surface area contributed by atoms with Crippen molar-refractivity contribution in [1.82, 2.24) is 10.2 Å². The number of likely N-dealkylation sites (N-methyl/N-ethyl adjacent to an activating group) is 2. The van der Waals surface area contributed by atoms with E-state index in [0.29, 0.717) is 0 Å². The summed E-state index contributed by atoms with van der Waals surface area (Å²) in [4.78, 5) is 2.39. The molecule has 0 saturated carbocycles. The molecule has 2 nitrogen and oxygen atoms in total. The minimum atomic E-state index is 1.07. The lowest BCUT2D eigenvalue weighted by Crippen LogP contribution is -2.29. The molecule has 0 radical (unpaired) electrons. The van der Waals surface area contributed by atoms with Crippen LogP contribution in [0.15, 0.2) is 18.2 Å². The molecule has 1 aromatic rings. The fourth-order valence-electron chi connectivity index (χ4n) is 2.52. The molecule has 0 atom stereocenters. The average molecular weight is 232 g/mol. The van der Waals surface area contributed by atoms with Crippen molar-refractivity contribution in [1.29, 1.82) is 0 Å². The Morgan fingerprint density at radius 3 is 2.82 bits per heavy atom. The molecule has 2 rings (SSSR count). The van der Waals surface area contributed by atoms with E-state index in [1.807, 2.05) is 7.05 Å². The molecule has 0 spiro atoms. The summed E-state index contributed by atoms with van der Waals surface area (Å²) in [7, 11) is 4.21. The van der Waals surface area contributed by atoms with Crippen molar-refractivity contribution >= 4 is 0 Å². The van der Waals surface area contributed by atoms with E-state index in [1.165, 1.54) is 31.2 Å². The maximum Gasteiger partial charge on any atom is 0.0104 e. The Kier molecular flexibility index (Phi) is 4.57. The minimum absolute atomic E-state index is 1.07. The van der Waals surface area contributed by atoms with Gasteiger partial charge in [-0.05, 0) is 56.5 Å². The molecule has 0 unspecified atom stereocenters. The fourth-order valence-corrected chi connectivity index (χ4v) is 2.52. The van der Waals surface area contributed by atoms with Crippen LogP contribution in [0.4, 0.5) is 0 Å². The zero-order valence-corrected chi connectivity index (χ0v) is 11.1. The number of fused-ring (bicyclic) bond motifs is 1. The van der Waals surface area contributed by atoms with Crippen molar-refractivity contribution in [2.24, 2.45) is 0 Å². The largest absolute Gasteiger partial charge is 0.318 e. The lowest BCUT2D eigenvalue weighted by Gasteiger charge is -2.16. The van der Waals surface area contributed by atoms with E-state index in [-0.39, 0.29) is 0 Å². The molecule has 0 bridgehead atoms. The third-order valence-corrected chi connectivity index (χ3v) is 3.69. The molecule has 1 aromatic carbocycles. The summed E-state index contributed by atoms with van der Waals surface area (Å²) >= 11 is 0. The SMILES string of the molecule is CNCCN(C)CCc1ccc2c(c1)CCC2. The highest BCUT2D eigenvalue weighted by Gasteiger charge is 2.10. The van der Waals surface area contributed by atoms with Crippen LogP contribution in [0.1, 0.15) is 23.1 Å². The van der Waals surface area contributed by atoms with Crippen molar-refractivity contribution in [2.45, 2.75) is 25.7 Å². The Morgan fingerprint density at radius 2 is 2.00 bits per heavy atom. The van der Waals surface area contributed by atoms with Crippen LogP contribution >= 0.6 is 0 Å². The van der Waals surface area contributed by atoms with Gasteiger partial charge in [0.2, 0.25) is 0 Å². The fraction of sp³-hybridized carbons (Fsp3) is 0.600. The smallest absolute Gasteiger partial charge is 0.0104 e. The van der Waals surface area contributed by atoms with Gasteiger partial charge in [0, 0.05) is 19.6 Å². The van der Waals surface area contributed by atoms with Gasteiger partial charge in [-0.15, -0.1) is 0 Å². The van der Waals surface area contributed by atoms with Gasteiger partial charge in [0.25, 0.3) is 0 Å². The van der Waals surface area contributed by atoms with E-state index >= 15 is 0 Å². The van der Waals surface area contributed by atoms with Crippen LogP contribution in [-0.2, 0) is 19.3 Å². The summed E-state index contributed by atoms with van der Waals surface area (Å²) in [5.41, 5.74) is 4.68. The molecule has 0 saturated heterocycles. The molecule has 1 N–H and O–H groups in total. The van der Waals surface area contributed by atoms with E-state index in [1.54, 1.807) is 11.1 Å². The molecular weight excluding hydrogens is 208 g/mol. The summed E-state index contributed by atoms with van der Waals surface area (Å²) in [5, 5.41) is 3.19. The average Bonchev–Trinajstić information content (AvgIpc) is 2.81. The Labute approximate surface area is 105 Å². The van der Waals surface area contributed by atoms with Crippen LogP contribution in [0.5, 0.6) is 0 Å². The second-order valence-corrected chi connectivity index (χ2v) is 5.11. The van der Waals surface area contributed by atoms with Crippen molar-refractivity contribution in [3.05, 3.63) is 34.9 Å². The third kappa shape index (κ3) is 3.55. The van der Waals surface area contributed by atoms with Gasteiger partial charge in [-0.2, -0.15) is 0 Å². The van der Waals surface area contributed by atoms with E-state index in [2.05, 4.69) is 35.5 Å². The van der Waals surface area contributed by atoms with Crippen LogP contribution in [0.2, 0.25) is 0 Å². The predicted octanol–water partition coefficient (Wildman–Crippen LogP) is 1.87. The number of nitrogens with one attached hydrogen (secondary N) is 1. The second kappa shape index (κ2) is 6.18. The topological polar surface area (TPSA) is 15.3 Å². The molecule has 0 aliphatic heterocycles. The van der Waals surface area contributed by atoms with Gasteiger partial charge >= 0.3 is 0 Å². The number of hydrogen-bond donors (Lipinski definition) is 1. The lowest BCUT2D eigenvalue weighted by molar-refractivity contribution is 0.339. The van der Waals surface area contributed by atoms with Gasteiger partial charge < -0.3 is 10.2 Å². The number of hydrogen-bond acceptors (Lipinski definition) is 2. The molecule has 0 aromatic heterocycles. The first-order chi connectivity index (χ1) is 8.29. The molecule has 17 heavy (non-hydrogen) atoms. The van der Waals surface area contributed by atoms with E-state index in [4.69, 9.17) is 0 Å². The first-order valence-corrected chi connectivity index (χ1v) is 6.73. The lowest BCUT2D eigenvalue weighted by atomic mass is 10.0. The zero-order valence-electron chi connectivity index (χ0n) is 11.1. The Hall–Kier alpha value is -0.860. The summed E-state index contributed by atoms with van der Waals surface area (Å²) in [6.07, 6.45) is 5.10. The molecule has 0 heterocycles. The number of aryl methyl sites for hydroxylation is 2. The Bertz CT molecular complexity index is 360. The molecule has 1 aliphatic rings. The highest BCUT2D eigenvalue weighted by atomic mass is 15.1. The van der Waals surface area contributed by atoms with Crippen LogP contribution in [0, 0.1) is 0 Å². The highest BCUT2D eigenvalue weighted by molar-refractivity contribution is 5.35. The van der Waals surface area contributed by atoms with Crippen LogP contribution in [0.3, 0.4) is 0 Å². The third-order valence-electron chi connectivity index (χ3n) is 3.69. The van der Waals surface area contributed by atoms with Crippen LogP contribution < -0.4 is 5.32 Å². The summed E-state index contributed by atoms with van der Waals surface area (Å²) in [6, 6.07) is 7.08. The van der Waals surface area contributed by atoms with Crippen molar-refractivity contribution in [3.63, 3.8) is 0 Å². The van der Waals surface area contributed by atoms with Crippen LogP contribution in [-0.4, -0.2) is 38.6 Å². The normalized spacial score (nSPS) is 14.3. The minimum Gasteiger partial charge on any atom is -0.318 e. The molecular formula is C15H24N2. The number of nitrogens with zero attached hydrogens (tertiary/aromatic N) is 1. The first-order valence-electron chi connectivity index (χ1n) is 6.73.